The Balaban J connectivity index is 1.54. The largest absolute Gasteiger partial charge is 0.369 e. The number of H-pyrrole nitrogens is 1. The highest BCUT2D eigenvalue weighted by Crippen LogP contribution is 2.28. The zero-order valence-corrected chi connectivity index (χ0v) is 14.4. The molecule has 25 heavy (non-hydrogen) atoms. The van der Waals surface area contributed by atoms with Crippen LogP contribution in [0.2, 0.25) is 0 Å². The second-order valence-corrected chi connectivity index (χ2v) is 6.32. The van der Waals surface area contributed by atoms with Gasteiger partial charge in [-0.25, -0.2) is 4.98 Å². The Bertz CT molecular complexity index is 824. The van der Waals surface area contributed by atoms with Crippen LogP contribution in [0.4, 0.5) is 0 Å². The van der Waals surface area contributed by atoms with Crippen molar-refractivity contribution in [3.63, 3.8) is 0 Å². The lowest BCUT2D eigenvalue weighted by molar-refractivity contribution is -0.0353. The van der Waals surface area contributed by atoms with Crippen LogP contribution in [-0.4, -0.2) is 44.9 Å². The van der Waals surface area contributed by atoms with Gasteiger partial charge in [0.1, 0.15) is 11.9 Å². The number of nitrogens with zero attached hydrogens (tertiary/aromatic N) is 4. The second kappa shape index (κ2) is 6.78. The zero-order chi connectivity index (χ0) is 17.2. The summed E-state index contributed by atoms with van der Waals surface area (Å²) in [6.07, 6.45) is 1.74. The van der Waals surface area contributed by atoms with Gasteiger partial charge in [-0.15, -0.1) is 0 Å². The molecule has 130 valence electrons. The molecule has 1 N–H and O–H groups in total. The second-order valence-electron chi connectivity index (χ2n) is 6.32. The first-order valence-electron chi connectivity index (χ1n) is 8.43. The highest BCUT2D eigenvalue weighted by atomic mass is 16.5. The van der Waals surface area contributed by atoms with E-state index in [4.69, 9.17) is 14.2 Å². The summed E-state index contributed by atoms with van der Waals surface area (Å²) in [4.78, 5) is 7.17. The van der Waals surface area contributed by atoms with E-state index in [0.717, 1.165) is 53.7 Å². The minimum atomic E-state index is -0.0444. The van der Waals surface area contributed by atoms with Crippen molar-refractivity contribution >= 4 is 0 Å². The molecule has 3 aromatic heterocycles. The standard InChI is InChI=1S/C18H21N5O2/c1-12-18(13(2)25-22-12)16-5-3-4-15(20-16)17-11-23(8-9-24-17)10-14-6-7-19-21-14/h3-7,17H,8-11H2,1-2H3,(H,19,21)/t17-/m1/s1. The number of rotatable bonds is 4. The van der Waals surface area contributed by atoms with Gasteiger partial charge in [0.25, 0.3) is 0 Å². The van der Waals surface area contributed by atoms with Crippen molar-refractivity contribution < 1.29 is 9.26 Å². The molecule has 0 aliphatic carbocycles. The Morgan fingerprint density at radius 3 is 2.96 bits per heavy atom. The van der Waals surface area contributed by atoms with E-state index in [0.29, 0.717) is 6.61 Å². The highest BCUT2D eigenvalue weighted by Gasteiger charge is 2.24. The number of ether oxygens (including phenoxy) is 1. The fourth-order valence-corrected chi connectivity index (χ4v) is 3.26. The van der Waals surface area contributed by atoms with E-state index in [1.807, 2.05) is 38.1 Å². The number of hydrogen-bond donors (Lipinski definition) is 1. The van der Waals surface area contributed by atoms with Gasteiger partial charge in [-0.2, -0.15) is 5.10 Å². The predicted octanol–water partition coefficient (Wildman–Crippen LogP) is 2.65. The van der Waals surface area contributed by atoms with Crippen LogP contribution in [0.3, 0.4) is 0 Å². The quantitative estimate of drug-likeness (QED) is 0.787. The van der Waals surface area contributed by atoms with E-state index in [1.165, 1.54) is 0 Å². The molecule has 0 saturated carbocycles. The summed E-state index contributed by atoms with van der Waals surface area (Å²) in [5.41, 5.74) is 4.74. The van der Waals surface area contributed by atoms with Gasteiger partial charge in [-0.3, -0.25) is 10.00 Å². The average Bonchev–Trinajstić information content (AvgIpc) is 3.25. The molecule has 1 aliphatic rings. The van der Waals surface area contributed by atoms with Crippen LogP contribution in [0.5, 0.6) is 0 Å². The number of hydrogen-bond acceptors (Lipinski definition) is 6. The topological polar surface area (TPSA) is 80.1 Å². The predicted molar refractivity (Wildman–Crippen MR) is 91.8 cm³/mol. The Labute approximate surface area is 146 Å². The van der Waals surface area contributed by atoms with Gasteiger partial charge in [0, 0.05) is 31.5 Å². The lowest BCUT2D eigenvalue weighted by atomic mass is 10.1. The van der Waals surface area contributed by atoms with Crippen LogP contribution in [-0.2, 0) is 11.3 Å². The van der Waals surface area contributed by atoms with E-state index < -0.39 is 0 Å². The Morgan fingerprint density at radius 2 is 2.20 bits per heavy atom. The maximum atomic E-state index is 5.98. The van der Waals surface area contributed by atoms with Gasteiger partial charge in [-0.05, 0) is 32.0 Å². The van der Waals surface area contributed by atoms with Crippen LogP contribution < -0.4 is 0 Å². The van der Waals surface area contributed by atoms with Crippen molar-refractivity contribution in [3.8, 4) is 11.3 Å². The third-order valence-corrected chi connectivity index (χ3v) is 4.49. The molecule has 1 fully saturated rings. The number of nitrogens with one attached hydrogen (secondary N) is 1. The molecule has 4 heterocycles. The normalized spacial score (nSPS) is 18.6. The van der Waals surface area contributed by atoms with Gasteiger partial charge in [0.2, 0.25) is 0 Å². The fraction of sp³-hybridized carbons (Fsp3) is 0.389. The molecule has 0 unspecified atom stereocenters. The average molecular weight is 339 g/mol. The number of morpholine rings is 1. The summed E-state index contributed by atoms with van der Waals surface area (Å²) in [7, 11) is 0. The van der Waals surface area contributed by atoms with Crippen LogP contribution >= 0.6 is 0 Å². The molecule has 7 nitrogen and oxygen atoms in total. The summed E-state index contributed by atoms with van der Waals surface area (Å²) in [6, 6.07) is 8.02. The minimum Gasteiger partial charge on any atom is -0.369 e. The van der Waals surface area contributed by atoms with Crippen LogP contribution in [0.15, 0.2) is 35.0 Å². The van der Waals surface area contributed by atoms with Crippen molar-refractivity contribution in [1.29, 1.82) is 0 Å². The van der Waals surface area contributed by atoms with Gasteiger partial charge in [-0.1, -0.05) is 11.2 Å². The Kier molecular flexibility index (Phi) is 4.33. The molecule has 4 rings (SSSR count). The van der Waals surface area contributed by atoms with E-state index in [1.54, 1.807) is 6.20 Å². The minimum absolute atomic E-state index is 0.0444. The van der Waals surface area contributed by atoms with E-state index in [9.17, 15) is 0 Å². The maximum Gasteiger partial charge on any atom is 0.143 e. The summed E-state index contributed by atoms with van der Waals surface area (Å²) in [6.45, 7) is 7.08. The number of aryl methyl sites for hydroxylation is 2. The third kappa shape index (κ3) is 3.33. The first-order valence-corrected chi connectivity index (χ1v) is 8.43. The molecule has 0 amide bonds. The molecule has 0 radical (unpaired) electrons. The number of aromatic amines is 1. The molecular formula is C18H21N5O2. The van der Waals surface area contributed by atoms with Crippen LogP contribution in [0.1, 0.15) is 28.9 Å². The van der Waals surface area contributed by atoms with Crippen LogP contribution in [0, 0.1) is 13.8 Å². The molecule has 3 aromatic rings. The SMILES string of the molecule is Cc1noc(C)c1-c1cccc([C@H]2CN(Cc3ccn[nH]3)CCO2)n1. The fourth-order valence-electron chi connectivity index (χ4n) is 3.26. The first kappa shape index (κ1) is 16.0. The van der Waals surface area contributed by atoms with Crippen molar-refractivity contribution in [1.82, 2.24) is 25.2 Å². The third-order valence-electron chi connectivity index (χ3n) is 4.49. The van der Waals surface area contributed by atoms with E-state index >= 15 is 0 Å². The lowest BCUT2D eigenvalue weighted by Crippen LogP contribution is -2.38. The first-order chi connectivity index (χ1) is 12.2. The van der Waals surface area contributed by atoms with Crippen molar-refractivity contribution in [2.24, 2.45) is 0 Å². The Hall–Kier alpha value is -2.51. The maximum absolute atomic E-state index is 5.98. The molecule has 1 saturated heterocycles. The zero-order valence-electron chi connectivity index (χ0n) is 14.4. The van der Waals surface area contributed by atoms with Gasteiger partial charge < -0.3 is 9.26 Å². The number of pyridine rings is 1. The molecule has 1 atom stereocenters. The smallest absolute Gasteiger partial charge is 0.143 e. The summed E-state index contributed by atoms with van der Waals surface area (Å²) in [5.74, 6) is 0.785. The Morgan fingerprint density at radius 1 is 1.28 bits per heavy atom. The van der Waals surface area contributed by atoms with Crippen LogP contribution in [0.25, 0.3) is 11.3 Å². The lowest BCUT2D eigenvalue weighted by Gasteiger charge is -2.32. The monoisotopic (exact) mass is 339 g/mol. The molecule has 7 heteroatoms. The van der Waals surface area contributed by atoms with E-state index in [2.05, 4.69) is 20.3 Å². The summed E-state index contributed by atoms with van der Waals surface area (Å²) < 4.78 is 11.2. The van der Waals surface area contributed by atoms with Gasteiger partial charge in [0.15, 0.2) is 0 Å². The molecule has 0 aromatic carbocycles. The molecule has 0 bridgehead atoms. The molecule has 1 aliphatic heterocycles. The van der Waals surface area contributed by atoms with Crippen molar-refractivity contribution in [2.75, 3.05) is 19.7 Å². The highest BCUT2D eigenvalue weighted by molar-refractivity contribution is 5.63. The molecular weight excluding hydrogens is 318 g/mol. The molecule has 0 spiro atoms. The summed E-state index contributed by atoms with van der Waals surface area (Å²) in [5, 5.41) is 11.0. The summed E-state index contributed by atoms with van der Waals surface area (Å²) >= 11 is 0. The van der Waals surface area contributed by atoms with E-state index in [-0.39, 0.29) is 6.10 Å². The van der Waals surface area contributed by atoms with Gasteiger partial charge >= 0.3 is 0 Å². The number of aromatic nitrogens is 4. The van der Waals surface area contributed by atoms with Crippen molar-refractivity contribution in [3.05, 3.63) is 53.3 Å². The van der Waals surface area contributed by atoms with Gasteiger partial charge in [0.05, 0.1) is 29.3 Å². The van der Waals surface area contributed by atoms with Crippen molar-refractivity contribution in [2.45, 2.75) is 26.5 Å².